The van der Waals surface area contributed by atoms with Crippen molar-refractivity contribution in [1.82, 2.24) is 0 Å². The Morgan fingerprint density at radius 1 is 1.13 bits per heavy atom. The van der Waals surface area contributed by atoms with Gasteiger partial charge in [-0.2, -0.15) is 0 Å². The van der Waals surface area contributed by atoms with Crippen LogP contribution in [0, 0.1) is 5.92 Å². The second-order valence-electron chi connectivity index (χ2n) is 5.45. The maximum absolute atomic E-state index is 6.52. The van der Waals surface area contributed by atoms with Gasteiger partial charge in [0.2, 0.25) is 0 Å². The highest BCUT2D eigenvalue weighted by atomic mass is 16.5. The van der Waals surface area contributed by atoms with E-state index in [-0.39, 0.29) is 5.54 Å². The van der Waals surface area contributed by atoms with Gasteiger partial charge in [0.05, 0.1) is 12.2 Å². The molecule has 3 nitrogen and oxygen atoms in total. The van der Waals surface area contributed by atoms with E-state index in [0.29, 0.717) is 12.2 Å². The van der Waals surface area contributed by atoms with E-state index >= 15 is 0 Å². The fraction of sp³-hybridized carbons (Fsp3) is 1.00. The summed E-state index contributed by atoms with van der Waals surface area (Å²) in [6.45, 7) is 1.78. The van der Waals surface area contributed by atoms with E-state index in [2.05, 4.69) is 0 Å². The summed E-state index contributed by atoms with van der Waals surface area (Å²) >= 11 is 0. The lowest BCUT2D eigenvalue weighted by Crippen LogP contribution is -2.50. The molecule has 0 aromatic rings. The molecule has 15 heavy (non-hydrogen) atoms. The van der Waals surface area contributed by atoms with E-state index in [9.17, 15) is 0 Å². The molecular formula is C12H21NO2. The molecule has 1 aliphatic carbocycles. The smallest absolute Gasteiger partial charge is 0.0784 e. The summed E-state index contributed by atoms with van der Waals surface area (Å²) in [6.07, 6.45) is 7.78. The molecule has 86 valence electrons. The van der Waals surface area contributed by atoms with Gasteiger partial charge in [0.25, 0.3) is 0 Å². The predicted molar refractivity (Wildman–Crippen MR) is 57.6 cm³/mol. The quantitative estimate of drug-likeness (QED) is 0.768. The molecule has 1 saturated carbocycles. The van der Waals surface area contributed by atoms with Crippen molar-refractivity contribution >= 4 is 0 Å². The van der Waals surface area contributed by atoms with Crippen LogP contribution < -0.4 is 5.73 Å². The zero-order valence-corrected chi connectivity index (χ0v) is 9.28. The van der Waals surface area contributed by atoms with Crippen LogP contribution in [0.4, 0.5) is 0 Å². The molecule has 0 amide bonds. The second kappa shape index (κ2) is 3.72. The van der Waals surface area contributed by atoms with Crippen molar-refractivity contribution in [3.8, 4) is 0 Å². The zero-order valence-electron chi connectivity index (χ0n) is 9.28. The van der Waals surface area contributed by atoms with Crippen molar-refractivity contribution in [1.29, 1.82) is 0 Å². The first-order chi connectivity index (χ1) is 7.28. The van der Waals surface area contributed by atoms with Gasteiger partial charge in [-0.15, -0.1) is 0 Å². The standard InChI is InChI=1S/C12H21NO2/c13-12(8-10-2-1-6-14-10)5-7-15-11(12)9-3-4-9/h9-11H,1-8,13H2. The molecule has 0 bridgehead atoms. The van der Waals surface area contributed by atoms with Crippen molar-refractivity contribution in [2.75, 3.05) is 13.2 Å². The molecule has 3 atom stereocenters. The van der Waals surface area contributed by atoms with Crippen LogP contribution in [-0.2, 0) is 9.47 Å². The van der Waals surface area contributed by atoms with E-state index in [0.717, 1.165) is 32.0 Å². The average molecular weight is 211 g/mol. The molecule has 0 aromatic heterocycles. The number of nitrogens with two attached hydrogens (primary N) is 1. The lowest BCUT2D eigenvalue weighted by atomic mass is 9.83. The van der Waals surface area contributed by atoms with E-state index in [4.69, 9.17) is 15.2 Å². The Hall–Kier alpha value is -0.120. The molecule has 0 aromatic carbocycles. The summed E-state index contributed by atoms with van der Waals surface area (Å²) in [5.74, 6) is 0.749. The number of ether oxygens (including phenoxy) is 2. The molecule has 3 heteroatoms. The Balaban J connectivity index is 1.65. The lowest BCUT2D eigenvalue weighted by Gasteiger charge is -2.32. The van der Waals surface area contributed by atoms with Gasteiger partial charge < -0.3 is 15.2 Å². The minimum absolute atomic E-state index is 0.0871. The lowest BCUT2D eigenvalue weighted by molar-refractivity contribution is 0.0308. The van der Waals surface area contributed by atoms with E-state index < -0.39 is 0 Å². The first kappa shape index (κ1) is 10.1. The molecule has 3 fully saturated rings. The van der Waals surface area contributed by atoms with Crippen molar-refractivity contribution in [3.63, 3.8) is 0 Å². The van der Waals surface area contributed by atoms with Gasteiger partial charge in [-0.3, -0.25) is 0 Å². The van der Waals surface area contributed by atoms with Gasteiger partial charge in [-0.25, -0.2) is 0 Å². The van der Waals surface area contributed by atoms with Gasteiger partial charge >= 0.3 is 0 Å². The fourth-order valence-corrected chi connectivity index (χ4v) is 3.14. The van der Waals surface area contributed by atoms with Crippen LogP contribution in [-0.4, -0.2) is 31.0 Å². The van der Waals surface area contributed by atoms with Crippen LogP contribution in [0.5, 0.6) is 0 Å². The monoisotopic (exact) mass is 211 g/mol. The Morgan fingerprint density at radius 3 is 2.67 bits per heavy atom. The molecule has 3 unspecified atom stereocenters. The van der Waals surface area contributed by atoms with E-state index in [1.807, 2.05) is 0 Å². The van der Waals surface area contributed by atoms with Crippen molar-refractivity contribution in [2.45, 2.75) is 56.3 Å². The van der Waals surface area contributed by atoms with E-state index in [1.54, 1.807) is 0 Å². The molecule has 3 aliphatic rings. The van der Waals surface area contributed by atoms with Crippen molar-refractivity contribution in [3.05, 3.63) is 0 Å². The van der Waals surface area contributed by atoms with Crippen molar-refractivity contribution in [2.24, 2.45) is 11.7 Å². The van der Waals surface area contributed by atoms with Crippen LogP contribution in [0.2, 0.25) is 0 Å². The second-order valence-corrected chi connectivity index (χ2v) is 5.45. The highest BCUT2D eigenvalue weighted by Gasteiger charge is 2.49. The Bertz CT molecular complexity index is 236. The highest BCUT2D eigenvalue weighted by Crippen LogP contribution is 2.44. The van der Waals surface area contributed by atoms with E-state index in [1.165, 1.54) is 25.7 Å². The summed E-state index contributed by atoms with van der Waals surface area (Å²) in [7, 11) is 0. The maximum Gasteiger partial charge on any atom is 0.0784 e. The van der Waals surface area contributed by atoms with Crippen molar-refractivity contribution < 1.29 is 9.47 Å². The summed E-state index contributed by atoms with van der Waals surface area (Å²) in [5, 5.41) is 0. The van der Waals surface area contributed by atoms with Crippen LogP contribution >= 0.6 is 0 Å². The summed E-state index contributed by atoms with van der Waals surface area (Å²) in [5.41, 5.74) is 6.43. The molecular weight excluding hydrogens is 190 g/mol. The predicted octanol–water partition coefficient (Wildman–Crippen LogP) is 1.45. The molecule has 3 rings (SSSR count). The van der Waals surface area contributed by atoms with Crippen LogP contribution in [0.3, 0.4) is 0 Å². The third kappa shape index (κ3) is 1.93. The minimum atomic E-state index is -0.0871. The topological polar surface area (TPSA) is 44.5 Å². The van der Waals surface area contributed by atoms with Crippen LogP contribution in [0.1, 0.15) is 38.5 Å². The number of hydrogen-bond donors (Lipinski definition) is 1. The SMILES string of the molecule is NC1(CC2CCCO2)CCOC1C1CC1. The van der Waals surface area contributed by atoms with Crippen LogP contribution in [0.15, 0.2) is 0 Å². The summed E-state index contributed by atoms with van der Waals surface area (Å²) in [6, 6.07) is 0. The molecule has 2 heterocycles. The Labute approximate surface area is 91.3 Å². The molecule has 2 aliphatic heterocycles. The number of hydrogen-bond acceptors (Lipinski definition) is 3. The van der Waals surface area contributed by atoms with Gasteiger partial charge in [-0.1, -0.05) is 0 Å². The third-order valence-electron chi connectivity index (χ3n) is 4.11. The highest BCUT2D eigenvalue weighted by molar-refractivity contribution is 5.04. The first-order valence-corrected chi connectivity index (χ1v) is 6.30. The molecule has 0 spiro atoms. The van der Waals surface area contributed by atoms with Gasteiger partial charge in [-0.05, 0) is 44.4 Å². The van der Waals surface area contributed by atoms with Gasteiger partial charge in [0.1, 0.15) is 0 Å². The Morgan fingerprint density at radius 2 is 2.00 bits per heavy atom. The first-order valence-electron chi connectivity index (χ1n) is 6.30. The largest absolute Gasteiger partial charge is 0.378 e. The third-order valence-corrected chi connectivity index (χ3v) is 4.11. The number of rotatable bonds is 3. The van der Waals surface area contributed by atoms with Crippen LogP contribution in [0.25, 0.3) is 0 Å². The minimum Gasteiger partial charge on any atom is -0.378 e. The molecule has 2 saturated heterocycles. The zero-order chi connectivity index (χ0) is 10.3. The fourth-order valence-electron chi connectivity index (χ4n) is 3.14. The summed E-state index contributed by atoms with van der Waals surface area (Å²) < 4.78 is 11.5. The average Bonchev–Trinajstić information content (AvgIpc) is 2.79. The summed E-state index contributed by atoms with van der Waals surface area (Å²) in [4.78, 5) is 0. The maximum atomic E-state index is 6.52. The normalized spacial score (nSPS) is 46.2. The molecule has 0 radical (unpaired) electrons. The van der Waals surface area contributed by atoms with Gasteiger partial charge in [0.15, 0.2) is 0 Å². The van der Waals surface area contributed by atoms with Gasteiger partial charge in [0, 0.05) is 18.8 Å². The Kier molecular flexibility index (Phi) is 2.49. The molecule has 2 N–H and O–H groups in total.